The van der Waals surface area contributed by atoms with Crippen molar-refractivity contribution in [3.05, 3.63) is 18.0 Å². The highest BCUT2D eigenvalue weighted by molar-refractivity contribution is 5.82. The number of nitrogens with zero attached hydrogens (tertiary/aromatic N) is 4. The van der Waals surface area contributed by atoms with E-state index >= 15 is 0 Å². The van der Waals surface area contributed by atoms with Gasteiger partial charge in [-0.2, -0.15) is 5.10 Å². The lowest BCUT2D eigenvalue weighted by atomic mass is 10.0. The normalized spacial score (nSPS) is 30.0. The quantitative estimate of drug-likeness (QED) is 0.823. The third-order valence-corrected chi connectivity index (χ3v) is 5.88. The fraction of sp³-hybridized carbons (Fsp3) is 0.722. The molecule has 4 rings (SSSR count). The minimum atomic E-state index is -2.67. The number of alkyl halides is 2. The summed E-state index contributed by atoms with van der Waals surface area (Å²) in [5.74, 6) is -2.11. The molecule has 1 aliphatic carbocycles. The van der Waals surface area contributed by atoms with E-state index in [9.17, 15) is 18.4 Å². The number of fused-ring (bicyclic) bond motifs is 1. The van der Waals surface area contributed by atoms with Crippen LogP contribution in [0.5, 0.6) is 0 Å². The highest BCUT2D eigenvalue weighted by Crippen LogP contribution is 2.40. The molecule has 3 unspecified atom stereocenters. The van der Waals surface area contributed by atoms with Crippen molar-refractivity contribution in [1.82, 2.24) is 19.6 Å². The van der Waals surface area contributed by atoms with Crippen LogP contribution < -0.4 is 0 Å². The van der Waals surface area contributed by atoms with Crippen molar-refractivity contribution in [1.29, 1.82) is 0 Å². The summed E-state index contributed by atoms with van der Waals surface area (Å²) in [6.07, 6.45) is 2.24. The number of carbonyl (C=O) groups excluding carboxylic acids is 2. The first-order valence-corrected chi connectivity index (χ1v) is 9.31. The molecular formula is C18H24F2N4O2. The Morgan fingerprint density at radius 2 is 1.96 bits per heavy atom. The van der Waals surface area contributed by atoms with Gasteiger partial charge >= 0.3 is 0 Å². The van der Waals surface area contributed by atoms with Crippen LogP contribution in [-0.2, 0) is 16.1 Å². The summed E-state index contributed by atoms with van der Waals surface area (Å²) in [4.78, 5) is 28.6. The van der Waals surface area contributed by atoms with Crippen LogP contribution in [0.3, 0.4) is 0 Å². The van der Waals surface area contributed by atoms with Crippen LogP contribution in [0.2, 0.25) is 0 Å². The van der Waals surface area contributed by atoms with Crippen molar-refractivity contribution in [2.45, 2.75) is 51.1 Å². The highest BCUT2D eigenvalue weighted by atomic mass is 19.3. The summed E-state index contributed by atoms with van der Waals surface area (Å²) < 4.78 is 28.4. The summed E-state index contributed by atoms with van der Waals surface area (Å²) in [5.41, 5.74) is 0.917. The van der Waals surface area contributed by atoms with E-state index < -0.39 is 5.92 Å². The van der Waals surface area contributed by atoms with E-state index in [-0.39, 0.29) is 56.1 Å². The van der Waals surface area contributed by atoms with Crippen molar-refractivity contribution in [3.8, 4) is 0 Å². The van der Waals surface area contributed by atoms with Crippen molar-refractivity contribution in [2.75, 3.05) is 19.6 Å². The molecule has 0 spiro atoms. The van der Waals surface area contributed by atoms with Gasteiger partial charge in [0.05, 0.1) is 24.7 Å². The molecule has 0 radical (unpaired) electrons. The molecule has 3 heterocycles. The van der Waals surface area contributed by atoms with E-state index in [1.54, 1.807) is 6.20 Å². The monoisotopic (exact) mass is 366 g/mol. The predicted octanol–water partition coefficient (Wildman–Crippen LogP) is 2.07. The molecule has 3 aliphatic rings. The average Bonchev–Trinajstić information content (AvgIpc) is 3.13. The molecule has 142 valence electrons. The first-order valence-electron chi connectivity index (χ1n) is 9.31. The van der Waals surface area contributed by atoms with Gasteiger partial charge < -0.3 is 9.80 Å². The molecule has 1 aromatic rings. The van der Waals surface area contributed by atoms with Crippen LogP contribution in [0.25, 0.3) is 0 Å². The Kier molecular flexibility index (Phi) is 4.23. The standard InChI is InChI=1S/C18H24F2N4O2/c1-12-8-15(12)17(26)23-10-13-2-5-21-24(13)14(11-23)9-16(25)22-6-3-18(19,20)4-7-22/h2,5,12,14-15H,3-4,6-11H2,1H3. The summed E-state index contributed by atoms with van der Waals surface area (Å²) in [6, 6.07) is 1.64. The molecule has 2 fully saturated rings. The zero-order valence-electron chi connectivity index (χ0n) is 14.9. The van der Waals surface area contributed by atoms with Crippen molar-refractivity contribution < 1.29 is 18.4 Å². The molecule has 1 saturated carbocycles. The predicted molar refractivity (Wildman–Crippen MR) is 89.3 cm³/mol. The molecule has 1 saturated heterocycles. The van der Waals surface area contributed by atoms with Gasteiger partial charge in [-0.15, -0.1) is 0 Å². The molecular weight excluding hydrogens is 342 g/mol. The molecule has 2 aliphatic heterocycles. The van der Waals surface area contributed by atoms with E-state index in [0.717, 1.165) is 12.1 Å². The summed E-state index contributed by atoms with van der Waals surface area (Å²) >= 11 is 0. The second-order valence-corrected chi connectivity index (χ2v) is 7.90. The molecule has 8 heteroatoms. The van der Waals surface area contributed by atoms with E-state index in [4.69, 9.17) is 0 Å². The second kappa shape index (κ2) is 6.32. The van der Waals surface area contributed by atoms with Gasteiger partial charge in [0.1, 0.15) is 0 Å². The first-order chi connectivity index (χ1) is 12.3. The number of piperidine rings is 1. The average molecular weight is 366 g/mol. The number of rotatable bonds is 3. The van der Waals surface area contributed by atoms with E-state index in [0.29, 0.717) is 19.0 Å². The maximum atomic E-state index is 13.3. The first kappa shape index (κ1) is 17.4. The molecule has 0 bridgehead atoms. The Balaban J connectivity index is 1.43. The van der Waals surface area contributed by atoms with E-state index in [1.165, 1.54) is 4.90 Å². The number of amides is 2. The van der Waals surface area contributed by atoms with Gasteiger partial charge in [-0.1, -0.05) is 6.92 Å². The van der Waals surface area contributed by atoms with Gasteiger partial charge in [-0.05, 0) is 18.4 Å². The zero-order chi connectivity index (χ0) is 18.5. The van der Waals surface area contributed by atoms with Crippen molar-refractivity contribution >= 4 is 11.8 Å². The lowest BCUT2D eigenvalue weighted by molar-refractivity contribution is -0.141. The topological polar surface area (TPSA) is 58.4 Å². The van der Waals surface area contributed by atoms with E-state index in [1.807, 2.05) is 15.6 Å². The number of halogens is 2. The molecule has 6 nitrogen and oxygen atoms in total. The highest BCUT2D eigenvalue weighted by Gasteiger charge is 2.43. The van der Waals surface area contributed by atoms with Crippen LogP contribution in [0.4, 0.5) is 8.78 Å². The lowest BCUT2D eigenvalue weighted by Crippen LogP contribution is -2.46. The fourth-order valence-corrected chi connectivity index (χ4v) is 4.02. The minimum absolute atomic E-state index is 0.0900. The van der Waals surface area contributed by atoms with Gasteiger partial charge in [-0.25, -0.2) is 8.78 Å². The van der Waals surface area contributed by atoms with Crippen LogP contribution in [0.15, 0.2) is 12.3 Å². The third kappa shape index (κ3) is 3.33. The van der Waals surface area contributed by atoms with Gasteiger partial charge in [-0.3, -0.25) is 14.3 Å². The van der Waals surface area contributed by atoms with Crippen molar-refractivity contribution in [3.63, 3.8) is 0 Å². The molecule has 3 atom stereocenters. The fourth-order valence-electron chi connectivity index (χ4n) is 4.02. The maximum Gasteiger partial charge on any atom is 0.251 e. The molecule has 0 aromatic carbocycles. The van der Waals surface area contributed by atoms with Crippen LogP contribution >= 0.6 is 0 Å². The number of likely N-dealkylation sites (tertiary alicyclic amines) is 1. The maximum absolute atomic E-state index is 13.3. The molecule has 1 aromatic heterocycles. The number of aromatic nitrogens is 2. The van der Waals surface area contributed by atoms with Crippen LogP contribution in [0, 0.1) is 11.8 Å². The second-order valence-electron chi connectivity index (χ2n) is 7.90. The summed E-state index contributed by atoms with van der Waals surface area (Å²) in [5, 5.41) is 4.32. The zero-order valence-corrected chi connectivity index (χ0v) is 14.9. The lowest BCUT2D eigenvalue weighted by Gasteiger charge is -2.36. The SMILES string of the molecule is CC1CC1C(=O)N1Cc2ccnn2C(CC(=O)N2CCC(F)(F)CC2)C1. The molecule has 0 N–H and O–H groups in total. The number of carbonyl (C=O) groups is 2. The van der Waals surface area contributed by atoms with Gasteiger partial charge in [0.15, 0.2) is 0 Å². The van der Waals surface area contributed by atoms with Gasteiger partial charge in [0.2, 0.25) is 11.8 Å². The number of hydrogen-bond donors (Lipinski definition) is 0. The van der Waals surface area contributed by atoms with E-state index in [2.05, 4.69) is 12.0 Å². The van der Waals surface area contributed by atoms with Crippen LogP contribution in [-0.4, -0.2) is 57.0 Å². The van der Waals surface area contributed by atoms with Gasteiger partial charge in [0.25, 0.3) is 5.92 Å². The number of hydrogen-bond acceptors (Lipinski definition) is 3. The molecule has 2 amide bonds. The Labute approximate surface area is 151 Å². The van der Waals surface area contributed by atoms with Gasteiger partial charge in [0, 0.05) is 44.6 Å². The summed E-state index contributed by atoms with van der Waals surface area (Å²) in [6.45, 7) is 3.22. The largest absolute Gasteiger partial charge is 0.342 e. The minimum Gasteiger partial charge on any atom is -0.342 e. The molecule has 26 heavy (non-hydrogen) atoms. The van der Waals surface area contributed by atoms with Crippen molar-refractivity contribution in [2.24, 2.45) is 11.8 Å². The van der Waals surface area contributed by atoms with Crippen LogP contribution in [0.1, 0.15) is 44.3 Å². The Morgan fingerprint density at radius 1 is 1.27 bits per heavy atom. The Morgan fingerprint density at radius 3 is 2.62 bits per heavy atom. The smallest absolute Gasteiger partial charge is 0.251 e. The Bertz CT molecular complexity index is 710. The summed E-state index contributed by atoms with van der Waals surface area (Å²) in [7, 11) is 0. The Hall–Kier alpha value is -1.99. The third-order valence-electron chi connectivity index (χ3n) is 5.88.